The molecular formula is C17H20O3. The minimum atomic E-state index is -0.353. The van der Waals surface area contributed by atoms with E-state index < -0.39 is 0 Å². The normalized spacial score (nSPS) is 26.8. The number of phenols is 1. The van der Waals surface area contributed by atoms with Gasteiger partial charge in [0, 0.05) is 10.9 Å². The molecule has 3 heteroatoms. The van der Waals surface area contributed by atoms with Crippen LogP contribution in [0.1, 0.15) is 38.5 Å². The van der Waals surface area contributed by atoms with Crippen molar-refractivity contribution in [2.75, 3.05) is 0 Å². The van der Waals surface area contributed by atoms with Gasteiger partial charge in [0.1, 0.15) is 5.75 Å². The van der Waals surface area contributed by atoms with E-state index in [4.69, 9.17) is 9.47 Å². The molecule has 3 atom stereocenters. The van der Waals surface area contributed by atoms with Crippen molar-refractivity contribution < 1.29 is 14.6 Å². The van der Waals surface area contributed by atoms with Crippen molar-refractivity contribution in [1.82, 2.24) is 0 Å². The maximum absolute atomic E-state index is 9.96. The largest absolute Gasteiger partial charge is 0.507 e. The molecule has 2 aromatic carbocycles. The second-order valence-electron chi connectivity index (χ2n) is 5.40. The predicted molar refractivity (Wildman–Crippen MR) is 78.7 cm³/mol. The smallest absolute Gasteiger partial charge is 0.185 e. The number of phenolic OH excluding ortho intramolecular Hbond substituents is 1. The van der Waals surface area contributed by atoms with Gasteiger partial charge in [-0.2, -0.15) is 0 Å². The third kappa shape index (κ3) is 2.39. The summed E-state index contributed by atoms with van der Waals surface area (Å²) in [4.78, 5) is 0. The lowest BCUT2D eigenvalue weighted by atomic mass is 10.0. The molecule has 0 bridgehead atoms. The molecule has 106 valence electrons. The van der Waals surface area contributed by atoms with Gasteiger partial charge in [0.2, 0.25) is 0 Å². The van der Waals surface area contributed by atoms with E-state index in [1.165, 1.54) is 0 Å². The van der Waals surface area contributed by atoms with Crippen LogP contribution in [-0.2, 0) is 9.47 Å². The monoisotopic (exact) mass is 272 g/mol. The van der Waals surface area contributed by atoms with Crippen molar-refractivity contribution in [1.29, 1.82) is 0 Å². The molecule has 3 rings (SSSR count). The Morgan fingerprint density at radius 1 is 1.10 bits per heavy atom. The minimum Gasteiger partial charge on any atom is -0.507 e. The van der Waals surface area contributed by atoms with Crippen LogP contribution in [0.15, 0.2) is 36.4 Å². The average Bonchev–Trinajstić information content (AvgIpc) is 2.47. The molecular weight excluding hydrogens is 252 g/mol. The summed E-state index contributed by atoms with van der Waals surface area (Å²) in [5.74, 6) is 0.292. The van der Waals surface area contributed by atoms with Crippen LogP contribution in [0.4, 0.5) is 0 Å². The van der Waals surface area contributed by atoms with E-state index in [-0.39, 0.29) is 18.5 Å². The Bertz CT molecular complexity index is 608. The van der Waals surface area contributed by atoms with E-state index >= 15 is 0 Å². The number of hydrogen-bond acceptors (Lipinski definition) is 3. The predicted octanol–water partition coefficient (Wildman–Crippen LogP) is 4.15. The van der Waals surface area contributed by atoms with Gasteiger partial charge in [0.15, 0.2) is 6.29 Å². The lowest BCUT2D eigenvalue weighted by Crippen LogP contribution is -2.31. The van der Waals surface area contributed by atoms with E-state index in [9.17, 15) is 5.11 Å². The standard InChI is InChI=1S/C17H20O3/c1-3-12-10-11(2)19-17(20-12)15-8-9-16(18)14-7-5-4-6-13(14)15/h4-9,11-12,17-18H,3,10H2,1-2H3. The van der Waals surface area contributed by atoms with Crippen molar-refractivity contribution in [3.05, 3.63) is 42.0 Å². The molecule has 20 heavy (non-hydrogen) atoms. The maximum Gasteiger partial charge on any atom is 0.185 e. The van der Waals surface area contributed by atoms with Gasteiger partial charge in [-0.15, -0.1) is 0 Å². The van der Waals surface area contributed by atoms with Crippen molar-refractivity contribution in [3.8, 4) is 5.75 Å². The fourth-order valence-corrected chi connectivity index (χ4v) is 2.82. The van der Waals surface area contributed by atoms with Crippen LogP contribution in [0.2, 0.25) is 0 Å². The Kier molecular flexibility index (Phi) is 3.64. The summed E-state index contributed by atoms with van der Waals surface area (Å²) in [5, 5.41) is 11.8. The van der Waals surface area contributed by atoms with E-state index in [0.29, 0.717) is 5.75 Å². The molecule has 0 amide bonds. The summed E-state index contributed by atoms with van der Waals surface area (Å²) in [6.45, 7) is 4.22. The minimum absolute atomic E-state index is 0.186. The van der Waals surface area contributed by atoms with Crippen molar-refractivity contribution in [2.24, 2.45) is 0 Å². The maximum atomic E-state index is 9.96. The highest BCUT2D eigenvalue weighted by Gasteiger charge is 2.28. The zero-order chi connectivity index (χ0) is 14.1. The summed E-state index contributed by atoms with van der Waals surface area (Å²) in [6.07, 6.45) is 1.99. The Morgan fingerprint density at radius 3 is 2.60 bits per heavy atom. The first kappa shape index (κ1) is 13.4. The zero-order valence-corrected chi connectivity index (χ0v) is 11.9. The molecule has 0 aromatic heterocycles. The average molecular weight is 272 g/mol. The Morgan fingerprint density at radius 2 is 1.85 bits per heavy atom. The van der Waals surface area contributed by atoms with E-state index in [1.54, 1.807) is 6.07 Å². The van der Waals surface area contributed by atoms with Crippen LogP contribution in [0.25, 0.3) is 10.8 Å². The molecule has 3 unspecified atom stereocenters. The van der Waals surface area contributed by atoms with Gasteiger partial charge in [0.05, 0.1) is 12.2 Å². The second kappa shape index (κ2) is 5.43. The highest BCUT2D eigenvalue weighted by atomic mass is 16.7. The lowest BCUT2D eigenvalue weighted by Gasteiger charge is -2.34. The van der Waals surface area contributed by atoms with Gasteiger partial charge in [-0.3, -0.25) is 0 Å². The van der Waals surface area contributed by atoms with E-state index in [0.717, 1.165) is 29.2 Å². The van der Waals surface area contributed by atoms with E-state index in [1.807, 2.05) is 30.3 Å². The summed E-state index contributed by atoms with van der Waals surface area (Å²) in [5.41, 5.74) is 0.989. The zero-order valence-electron chi connectivity index (χ0n) is 11.9. The number of aromatic hydroxyl groups is 1. The quantitative estimate of drug-likeness (QED) is 0.892. The first-order valence-corrected chi connectivity index (χ1v) is 7.20. The summed E-state index contributed by atoms with van der Waals surface area (Å²) < 4.78 is 12.0. The Hall–Kier alpha value is -1.58. The van der Waals surface area contributed by atoms with Crippen LogP contribution in [0.5, 0.6) is 5.75 Å². The summed E-state index contributed by atoms with van der Waals surface area (Å²) in [6, 6.07) is 11.4. The first-order valence-electron chi connectivity index (χ1n) is 7.20. The number of fused-ring (bicyclic) bond motifs is 1. The molecule has 0 saturated carbocycles. The van der Waals surface area contributed by atoms with Gasteiger partial charge in [-0.25, -0.2) is 0 Å². The van der Waals surface area contributed by atoms with Gasteiger partial charge >= 0.3 is 0 Å². The molecule has 1 saturated heterocycles. The third-order valence-corrected chi connectivity index (χ3v) is 3.91. The Balaban J connectivity index is 2.03. The second-order valence-corrected chi connectivity index (χ2v) is 5.40. The van der Waals surface area contributed by atoms with Gasteiger partial charge in [0.25, 0.3) is 0 Å². The van der Waals surface area contributed by atoms with Gasteiger partial charge in [-0.05, 0) is 37.3 Å². The lowest BCUT2D eigenvalue weighted by molar-refractivity contribution is -0.243. The molecule has 0 aliphatic carbocycles. The van der Waals surface area contributed by atoms with Crippen LogP contribution in [0, 0.1) is 0 Å². The number of hydrogen-bond donors (Lipinski definition) is 1. The van der Waals surface area contributed by atoms with Crippen LogP contribution >= 0.6 is 0 Å². The SMILES string of the molecule is CCC1CC(C)OC(c2ccc(O)c3ccccc23)O1. The van der Waals surface area contributed by atoms with E-state index in [2.05, 4.69) is 13.8 Å². The molecule has 1 aliphatic heterocycles. The number of benzene rings is 2. The van der Waals surface area contributed by atoms with Gasteiger partial charge in [-0.1, -0.05) is 31.2 Å². The molecule has 1 N–H and O–H groups in total. The molecule has 1 aliphatic rings. The molecule has 3 nitrogen and oxygen atoms in total. The fourth-order valence-electron chi connectivity index (χ4n) is 2.82. The molecule has 2 aromatic rings. The topological polar surface area (TPSA) is 38.7 Å². The molecule has 1 fully saturated rings. The van der Waals surface area contributed by atoms with Crippen LogP contribution < -0.4 is 0 Å². The molecule has 0 radical (unpaired) electrons. The van der Waals surface area contributed by atoms with Crippen LogP contribution in [0.3, 0.4) is 0 Å². The van der Waals surface area contributed by atoms with Gasteiger partial charge < -0.3 is 14.6 Å². The summed E-state index contributed by atoms with van der Waals surface area (Å²) >= 11 is 0. The highest BCUT2D eigenvalue weighted by molar-refractivity contribution is 5.90. The van der Waals surface area contributed by atoms with Crippen molar-refractivity contribution >= 4 is 10.8 Å². The van der Waals surface area contributed by atoms with Crippen molar-refractivity contribution in [3.63, 3.8) is 0 Å². The Labute approximate surface area is 119 Å². The number of ether oxygens (including phenoxy) is 2. The molecule has 0 spiro atoms. The van der Waals surface area contributed by atoms with Crippen molar-refractivity contribution in [2.45, 2.75) is 45.2 Å². The third-order valence-electron chi connectivity index (χ3n) is 3.91. The molecule has 1 heterocycles. The first-order chi connectivity index (χ1) is 9.69. The fraction of sp³-hybridized carbons (Fsp3) is 0.412. The van der Waals surface area contributed by atoms with Crippen LogP contribution in [-0.4, -0.2) is 17.3 Å². The summed E-state index contributed by atoms with van der Waals surface area (Å²) in [7, 11) is 0. The number of rotatable bonds is 2. The highest BCUT2D eigenvalue weighted by Crippen LogP contribution is 2.37.